The van der Waals surface area contributed by atoms with Gasteiger partial charge >= 0.3 is 7.12 Å². The summed E-state index contributed by atoms with van der Waals surface area (Å²) < 4.78 is 42.3. The molecule has 1 fully saturated rings. The number of carbonyl (C=O) groups excluding carboxylic acids is 1. The maximum absolute atomic E-state index is 14.7. The quantitative estimate of drug-likeness (QED) is 0.499. The first-order valence-corrected chi connectivity index (χ1v) is 10.0. The van der Waals surface area contributed by atoms with E-state index in [9.17, 15) is 13.6 Å². The highest BCUT2D eigenvalue weighted by Crippen LogP contribution is 2.29. The summed E-state index contributed by atoms with van der Waals surface area (Å²) in [6.45, 7) is 5.00. The van der Waals surface area contributed by atoms with Gasteiger partial charge in [-0.1, -0.05) is 13.8 Å². The van der Waals surface area contributed by atoms with E-state index in [2.05, 4.69) is 9.97 Å². The first-order valence-electron chi connectivity index (χ1n) is 10.0. The van der Waals surface area contributed by atoms with Crippen molar-refractivity contribution >= 4 is 40.4 Å². The second kappa shape index (κ2) is 7.35. The fraction of sp³-hybridized carbons (Fsp3) is 0.227. The molecular weight excluding hydrogens is 417 g/mol. The van der Waals surface area contributed by atoms with Crippen LogP contribution in [0.15, 0.2) is 42.9 Å². The van der Waals surface area contributed by atoms with Crippen LogP contribution in [0.5, 0.6) is 0 Å². The van der Waals surface area contributed by atoms with Crippen LogP contribution in [0.25, 0.3) is 27.6 Å². The van der Waals surface area contributed by atoms with Crippen LogP contribution >= 0.6 is 0 Å². The zero-order valence-corrected chi connectivity index (χ0v) is 17.4. The van der Waals surface area contributed by atoms with Gasteiger partial charge in [-0.25, -0.2) is 13.8 Å². The molecule has 162 valence electrons. The predicted molar refractivity (Wildman–Crippen MR) is 116 cm³/mol. The first kappa shape index (κ1) is 20.5. The van der Waals surface area contributed by atoms with E-state index in [4.69, 9.17) is 15.0 Å². The van der Waals surface area contributed by atoms with Crippen LogP contribution in [0.2, 0.25) is 0 Å². The van der Waals surface area contributed by atoms with Gasteiger partial charge in [0.15, 0.2) is 0 Å². The van der Waals surface area contributed by atoms with Gasteiger partial charge in [-0.2, -0.15) is 0 Å². The minimum absolute atomic E-state index is 0.00439. The number of aromatic nitrogens is 3. The van der Waals surface area contributed by atoms with Crippen LogP contribution in [-0.4, -0.2) is 40.8 Å². The molecule has 0 radical (unpaired) electrons. The van der Waals surface area contributed by atoms with E-state index in [1.165, 1.54) is 12.5 Å². The topological polar surface area (TPSA) is 92.3 Å². The van der Waals surface area contributed by atoms with Gasteiger partial charge in [0.25, 0.3) is 5.91 Å². The van der Waals surface area contributed by atoms with Gasteiger partial charge in [0, 0.05) is 24.8 Å². The summed E-state index contributed by atoms with van der Waals surface area (Å²) in [5.74, 6) is -1.94. The van der Waals surface area contributed by atoms with Crippen molar-refractivity contribution in [1.29, 1.82) is 0 Å². The second-order valence-electron chi connectivity index (χ2n) is 8.62. The Bertz CT molecular complexity index is 1380. The van der Waals surface area contributed by atoms with Crippen molar-refractivity contribution in [2.75, 3.05) is 13.2 Å². The van der Waals surface area contributed by atoms with Crippen molar-refractivity contribution in [2.24, 2.45) is 11.1 Å². The fourth-order valence-electron chi connectivity index (χ4n) is 3.92. The predicted octanol–water partition coefficient (Wildman–Crippen LogP) is 2.72. The number of halogens is 2. The summed E-state index contributed by atoms with van der Waals surface area (Å²) in [7, 11) is -0.697. The molecule has 32 heavy (non-hydrogen) atoms. The van der Waals surface area contributed by atoms with E-state index in [1.807, 2.05) is 13.8 Å². The van der Waals surface area contributed by atoms with Crippen LogP contribution < -0.4 is 11.2 Å². The largest absolute Gasteiger partial charge is 0.494 e. The van der Waals surface area contributed by atoms with Crippen molar-refractivity contribution in [3.8, 4) is 5.69 Å². The number of fused-ring (bicyclic) bond motifs is 2. The number of rotatable bonds is 3. The molecule has 2 aromatic carbocycles. The molecule has 2 aromatic heterocycles. The molecule has 7 nitrogen and oxygen atoms in total. The normalized spacial score (nSPS) is 16.1. The molecule has 2 N–H and O–H groups in total. The lowest BCUT2D eigenvalue weighted by molar-refractivity contribution is 0.0343. The van der Waals surface area contributed by atoms with Crippen LogP contribution in [0.4, 0.5) is 8.78 Å². The number of imidazole rings is 1. The lowest BCUT2D eigenvalue weighted by atomic mass is 9.75. The number of nitrogens with zero attached hydrogens (tertiary/aromatic N) is 3. The van der Waals surface area contributed by atoms with E-state index >= 15 is 0 Å². The zero-order valence-electron chi connectivity index (χ0n) is 17.4. The molecule has 0 atom stereocenters. The third-order valence-corrected chi connectivity index (χ3v) is 5.49. The lowest BCUT2D eigenvalue weighted by Gasteiger charge is -2.33. The van der Waals surface area contributed by atoms with Gasteiger partial charge in [-0.05, 0) is 35.8 Å². The van der Waals surface area contributed by atoms with Gasteiger partial charge in [0.2, 0.25) is 0 Å². The Labute approximate surface area is 182 Å². The summed E-state index contributed by atoms with van der Waals surface area (Å²) in [5.41, 5.74) is 7.27. The van der Waals surface area contributed by atoms with Crippen LogP contribution in [0, 0.1) is 17.0 Å². The number of primary amides is 1. The molecule has 0 spiro atoms. The Morgan fingerprint density at radius 1 is 1.09 bits per heavy atom. The van der Waals surface area contributed by atoms with Gasteiger partial charge in [-0.3, -0.25) is 14.3 Å². The van der Waals surface area contributed by atoms with Crippen LogP contribution in [0.1, 0.15) is 24.2 Å². The van der Waals surface area contributed by atoms with Crippen LogP contribution in [0.3, 0.4) is 0 Å². The van der Waals surface area contributed by atoms with E-state index < -0.39 is 24.7 Å². The Morgan fingerprint density at radius 2 is 1.81 bits per heavy atom. The van der Waals surface area contributed by atoms with Crippen molar-refractivity contribution in [3.05, 3.63) is 60.1 Å². The van der Waals surface area contributed by atoms with Crippen molar-refractivity contribution in [2.45, 2.75) is 13.8 Å². The van der Waals surface area contributed by atoms with Crippen molar-refractivity contribution < 1.29 is 22.9 Å². The zero-order chi connectivity index (χ0) is 22.6. The Kier molecular flexibility index (Phi) is 4.72. The smallest absolute Gasteiger partial charge is 0.407 e. The molecule has 0 unspecified atom stereocenters. The van der Waals surface area contributed by atoms with Gasteiger partial charge in [-0.15, -0.1) is 0 Å². The highest BCUT2D eigenvalue weighted by Gasteiger charge is 2.34. The highest BCUT2D eigenvalue weighted by molar-refractivity contribution is 6.62. The monoisotopic (exact) mass is 436 g/mol. The van der Waals surface area contributed by atoms with Gasteiger partial charge < -0.3 is 15.0 Å². The minimum Gasteiger partial charge on any atom is -0.407 e. The standard InChI is InChI=1S/C22H19BF2N4O3/c1-22(2)9-31-23(32-10-22)12-7-13(21(26)30)19-17(8-12)29(11-28-19)16-5-6-27-20-15(25)4-3-14(24)18(16)20/h3-8,11H,9-10H2,1-2H3,(H2,26,30). The lowest BCUT2D eigenvalue weighted by Crippen LogP contribution is -2.47. The van der Waals surface area contributed by atoms with Gasteiger partial charge in [0.1, 0.15) is 29.0 Å². The number of hydrogen-bond acceptors (Lipinski definition) is 5. The maximum atomic E-state index is 14.7. The van der Waals surface area contributed by atoms with E-state index in [0.29, 0.717) is 35.4 Å². The maximum Gasteiger partial charge on any atom is 0.494 e. The molecule has 1 aliphatic heterocycles. The third-order valence-electron chi connectivity index (χ3n) is 5.49. The van der Waals surface area contributed by atoms with Crippen molar-refractivity contribution in [3.63, 3.8) is 0 Å². The average molecular weight is 436 g/mol. The Morgan fingerprint density at radius 3 is 2.53 bits per heavy atom. The number of amides is 1. The van der Waals surface area contributed by atoms with E-state index in [1.54, 1.807) is 22.8 Å². The summed E-state index contributed by atoms with van der Waals surface area (Å²) >= 11 is 0. The second-order valence-corrected chi connectivity index (χ2v) is 8.62. The molecule has 10 heteroatoms. The summed E-state index contributed by atoms with van der Waals surface area (Å²) in [5, 5.41) is 0.00439. The van der Waals surface area contributed by atoms with E-state index in [0.717, 1.165) is 12.1 Å². The Balaban J connectivity index is 1.73. The molecule has 1 amide bonds. The number of hydrogen-bond donors (Lipinski definition) is 1. The Hall–Kier alpha value is -3.37. The van der Waals surface area contributed by atoms with E-state index in [-0.39, 0.29) is 21.9 Å². The number of pyridine rings is 1. The molecule has 0 bridgehead atoms. The molecule has 1 saturated heterocycles. The third kappa shape index (κ3) is 3.32. The molecular formula is C22H19BF2N4O3. The number of carbonyl (C=O) groups is 1. The number of nitrogens with two attached hydrogens (primary N) is 1. The first-order chi connectivity index (χ1) is 15.2. The average Bonchev–Trinajstić information content (AvgIpc) is 3.19. The highest BCUT2D eigenvalue weighted by atomic mass is 19.1. The summed E-state index contributed by atoms with van der Waals surface area (Å²) in [6, 6.07) is 6.98. The SMILES string of the molecule is CC1(C)COB(c2cc(C(N)=O)c3ncn(-c4ccnc5c(F)ccc(F)c45)c3c2)OC1. The summed E-state index contributed by atoms with van der Waals surface area (Å²) in [6.07, 6.45) is 2.83. The molecule has 4 aromatic rings. The molecule has 0 saturated carbocycles. The molecule has 0 aliphatic carbocycles. The molecule has 5 rings (SSSR count). The summed E-state index contributed by atoms with van der Waals surface area (Å²) in [4.78, 5) is 20.5. The fourth-order valence-corrected chi connectivity index (χ4v) is 3.92. The molecule has 3 heterocycles. The van der Waals surface area contributed by atoms with Crippen LogP contribution in [-0.2, 0) is 9.31 Å². The van der Waals surface area contributed by atoms with Crippen molar-refractivity contribution in [1.82, 2.24) is 14.5 Å². The minimum atomic E-state index is -0.697. The number of benzene rings is 2. The molecule has 1 aliphatic rings. The van der Waals surface area contributed by atoms with Gasteiger partial charge in [0.05, 0.1) is 22.2 Å².